The molecule has 2 aliphatic rings. The van der Waals surface area contributed by atoms with Gasteiger partial charge in [-0.2, -0.15) is 8.42 Å². The highest BCUT2D eigenvalue weighted by Gasteiger charge is 2.27. The molecule has 0 N–H and O–H groups in total. The van der Waals surface area contributed by atoms with Crippen molar-refractivity contribution in [3.05, 3.63) is 30.6 Å². The molecule has 5 rings (SSSR count). The van der Waals surface area contributed by atoms with Crippen molar-refractivity contribution in [2.45, 2.75) is 12.5 Å². The van der Waals surface area contributed by atoms with Gasteiger partial charge in [0.25, 0.3) is 10.1 Å². The van der Waals surface area contributed by atoms with Crippen molar-refractivity contribution in [1.29, 1.82) is 0 Å². The van der Waals surface area contributed by atoms with E-state index in [1.54, 1.807) is 17.3 Å². The van der Waals surface area contributed by atoms with Gasteiger partial charge in [0.05, 0.1) is 29.8 Å². The zero-order valence-electron chi connectivity index (χ0n) is 18.3. The molecule has 0 bridgehead atoms. The summed E-state index contributed by atoms with van der Waals surface area (Å²) in [6, 6.07) is 5.80. The van der Waals surface area contributed by atoms with Crippen molar-refractivity contribution in [1.82, 2.24) is 19.9 Å². The largest absolute Gasteiger partial charge is 0.354 e. The molecular formula is C21H24N6O4S2. The van der Waals surface area contributed by atoms with Gasteiger partial charge < -0.3 is 4.90 Å². The molecule has 0 unspecified atom stereocenters. The molecule has 10 nitrogen and oxygen atoms in total. The van der Waals surface area contributed by atoms with Gasteiger partial charge in [0.15, 0.2) is 0 Å². The lowest BCUT2D eigenvalue weighted by Gasteiger charge is -2.31. The fourth-order valence-electron chi connectivity index (χ4n) is 4.09. The van der Waals surface area contributed by atoms with Gasteiger partial charge in [0.1, 0.15) is 22.2 Å². The topological polar surface area (TPSA) is 109 Å². The highest BCUT2D eigenvalue weighted by atomic mass is 32.2. The molecule has 3 aromatic heterocycles. The van der Waals surface area contributed by atoms with E-state index in [1.807, 2.05) is 35.0 Å². The monoisotopic (exact) mass is 488 g/mol. The SMILES string of the molecule is CN1CCN(c2cc3sc(-c4ccc(N5CC[C@@H](OS(C)(=O)=O)C5)nc4)nc3cn2)C(=O)C1. The molecule has 0 aliphatic carbocycles. The number of fused-ring (bicyclic) bond motifs is 1. The molecule has 2 saturated heterocycles. The Morgan fingerprint density at radius 2 is 1.94 bits per heavy atom. The standard InChI is InChI=1S/C21H24N6O4S2/c1-25-7-8-27(20(28)13-25)19-9-17-16(11-23-19)24-21(32-17)14-3-4-18(22-10-14)26-6-5-15(12-26)31-33(2,29)30/h3-4,9-11,15H,5-8,12-13H2,1-2H3/t15-/m1/s1. The van der Waals surface area contributed by atoms with Gasteiger partial charge in [0.2, 0.25) is 5.91 Å². The molecule has 12 heteroatoms. The molecule has 0 saturated carbocycles. The number of pyridine rings is 2. The van der Waals surface area contributed by atoms with Crippen LogP contribution in [-0.2, 0) is 19.1 Å². The molecule has 0 spiro atoms. The first-order valence-electron chi connectivity index (χ1n) is 10.6. The van der Waals surface area contributed by atoms with E-state index in [0.717, 1.165) is 39.4 Å². The summed E-state index contributed by atoms with van der Waals surface area (Å²) in [6.45, 7) is 3.00. The molecule has 2 fully saturated rings. The van der Waals surface area contributed by atoms with Crippen LogP contribution in [-0.4, -0.2) is 86.3 Å². The second kappa shape index (κ2) is 8.60. The second-order valence-corrected chi connectivity index (χ2v) is 11.0. The quantitative estimate of drug-likeness (QED) is 0.495. The fraction of sp³-hybridized carbons (Fsp3) is 0.429. The van der Waals surface area contributed by atoms with Crippen molar-refractivity contribution < 1.29 is 17.4 Å². The van der Waals surface area contributed by atoms with Gasteiger partial charge in [-0.25, -0.2) is 15.0 Å². The summed E-state index contributed by atoms with van der Waals surface area (Å²) in [4.78, 5) is 31.8. The Kier molecular flexibility index (Phi) is 5.77. The number of aromatic nitrogens is 3. The van der Waals surface area contributed by atoms with E-state index in [4.69, 9.17) is 4.18 Å². The summed E-state index contributed by atoms with van der Waals surface area (Å²) in [6.07, 6.45) is 4.85. The minimum Gasteiger partial charge on any atom is -0.354 e. The van der Waals surface area contributed by atoms with Crippen LogP contribution in [0.2, 0.25) is 0 Å². The van der Waals surface area contributed by atoms with E-state index in [2.05, 4.69) is 15.0 Å². The van der Waals surface area contributed by atoms with Crippen LogP contribution in [0.5, 0.6) is 0 Å². The fourth-order valence-corrected chi connectivity index (χ4v) is 5.70. The Balaban J connectivity index is 1.32. The van der Waals surface area contributed by atoms with Gasteiger partial charge in [0, 0.05) is 44.0 Å². The summed E-state index contributed by atoms with van der Waals surface area (Å²) in [7, 11) is -1.53. The predicted molar refractivity (Wildman–Crippen MR) is 127 cm³/mol. The van der Waals surface area contributed by atoms with Gasteiger partial charge in [-0.1, -0.05) is 0 Å². The zero-order chi connectivity index (χ0) is 23.2. The molecule has 1 amide bonds. The highest BCUT2D eigenvalue weighted by molar-refractivity contribution is 7.86. The van der Waals surface area contributed by atoms with E-state index in [0.29, 0.717) is 38.4 Å². The van der Waals surface area contributed by atoms with Crippen LogP contribution < -0.4 is 9.80 Å². The lowest BCUT2D eigenvalue weighted by Crippen LogP contribution is -2.49. The number of likely N-dealkylation sites (N-methyl/N-ethyl adjacent to an activating group) is 1. The maximum atomic E-state index is 12.4. The lowest BCUT2D eigenvalue weighted by atomic mass is 10.3. The average molecular weight is 489 g/mol. The smallest absolute Gasteiger partial charge is 0.264 e. The number of nitrogens with zero attached hydrogens (tertiary/aromatic N) is 6. The van der Waals surface area contributed by atoms with Crippen LogP contribution in [0.4, 0.5) is 11.6 Å². The average Bonchev–Trinajstić information content (AvgIpc) is 3.39. The van der Waals surface area contributed by atoms with Crippen molar-refractivity contribution >= 4 is 49.2 Å². The molecular weight excluding hydrogens is 464 g/mol. The molecule has 0 radical (unpaired) electrons. The first-order chi connectivity index (χ1) is 15.7. The summed E-state index contributed by atoms with van der Waals surface area (Å²) in [5.74, 6) is 1.48. The van der Waals surface area contributed by atoms with Crippen molar-refractivity contribution in [3.63, 3.8) is 0 Å². The molecule has 5 heterocycles. The third-order valence-corrected chi connectivity index (χ3v) is 7.41. The second-order valence-electron chi connectivity index (χ2n) is 8.37. The summed E-state index contributed by atoms with van der Waals surface area (Å²) in [5, 5.41) is 0.826. The first kappa shape index (κ1) is 22.1. The Labute approximate surface area is 195 Å². The summed E-state index contributed by atoms with van der Waals surface area (Å²) < 4.78 is 28.8. The van der Waals surface area contributed by atoms with Crippen molar-refractivity contribution in [2.75, 3.05) is 55.8 Å². The third-order valence-electron chi connectivity index (χ3n) is 5.72. The number of carbonyl (C=O) groups excluding carboxylic acids is 1. The molecule has 0 aromatic carbocycles. The number of piperazine rings is 1. The number of rotatable bonds is 5. The molecule has 33 heavy (non-hydrogen) atoms. The van der Waals surface area contributed by atoms with Crippen molar-refractivity contribution in [3.8, 4) is 10.6 Å². The van der Waals surface area contributed by atoms with Crippen LogP contribution in [0.15, 0.2) is 30.6 Å². The molecule has 174 valence electrons. The third kappa shape index (κ3) is 4.83. The molecule has 1 atom stereocenters. The van der Waals surface area contributed by atoms with Crippen LogP contribution in [0, 0.1) is 0 Å². The minimum atomic E-state index is -3.47. The molecule has 2 aliphatic heterocycles. The maximum Gasteiger partial charge on any atom is 0.264 e. The number of amides is 1. The molecule has 3 aromatic rings. The Morgan fingerprint density at radius 3 is 2.67 bits per heavy atom. The Morgan fingerprint density at radius 1 is 1.12 bits per heavy atom. The number of carbonyl (C=O) groups is 1. The van der Waals surface area contributed by atoms with Crippen LogP contribution in [0.25, 0.3) is 20.8 Å². The Bertz CT molecular complexity index is 1290. The maximum absolute atomic E-state index is 12.4. The van der Waals surface area contributed by atoms with E-state index in [-0.39, 0.29) is 12.0 Å². The predicted octanol–water partition coefficient (Wildman–Crippen LogP) is 1.59. The number of hydrogen-bond donors (Lipinski definition) is 0. The van der Waals surface area contributed by atoms with Crippen LogP contribution in [0.1, 0.15) is 6.42 Å². The Hall–Kier alpha value is -2.67. The highest BCUT2D eigenvalue weighted by Crippen LogP contribution is 2.32. The summed E-state index contributed by atoms with van der Waals surface area (Å²) in [5.41, 5.74) is 1.67. The van der Waals surface area contributed by atoms with Crippen molar-refractivity contribution in [2.24, 2.45) is 0 Å². The summed E-state index contributed by atoms with van der Waals surface area (Å²) >= 11 is 1.54. The van der Waals surface area contributed by atoms with E-state index < -0.39 is 10.1 Å². The number of anilines is 2. The van der Waals surface area contributed by atoms with E-state index in [9.17, 15) is 13.2 Å². The van der Waals surface area contributed by atoms with Crippen LogP contribution in [0.3, 0.4) is 0 Å². The number of hydrogen-bond acceptors (Lipinski definition) is 10. The van der Waals surface area contributed by atoms with Gasteiger partial charge in [-0.3, -0.25) is 18.8 Å². The van der Waals surface area contributed by atoms with Gasteiger partial charge in [-0.15, -0.1) is 11.3 Å². The van der Waals surface area contributed by atoms with Gasteiger partial charge in [-0.05, 0) is 25.6 Å². The lowest BCUT2D eigenvalue weighted by molar-refractivity contribution is -0.120. The van der Waals surface area contributed by atoms with E-state index in [1.165, 1.54) is 11.3 Å². The van der Waals surface area contributed by atoms with Crippen LogP contribution >= 0.6 is 11.3 Å². The van der Waals surface area contributed by atoms with E-state index >= 15 is 0 Å². The van der Waals surface area contributed by atoms with Gasteiger partial charge >= 0.3 is 0 Å². The minimum absolute atomic E-state index is 0.0474. The first-order valence-corrected chi connectivity index (χ1v) is 13.2. The number of thiazole rings is 1. The zero-order valence-corrected chi connectivity index (χ0v) is 20.0. The normalized spacial score (nSPS) is 20.2.